The molecule has 1 fully saturated rings. The van der Waals surface area contributed by atoms with Crippen molar-refractivity contribution in [2.75, 3.05) is 5.32 Å². The van der Waals surface area contributed by atoms with Gasteiger partial charge in [0.15, 0.2) is 0 Å². The first kappa shape index (κ1) is 22.8. The van der Waals surface area contributed by atoms with Crippen molar-refractivity contribution in [3.8, 4) is 0 Å². The summed E-state index contributed by atoms with van der Waals surface area (Å²) in [6.45, 7) is 9.97. The van der Waals surface area contributed by atoms with Crippen LogP contribution in [0.25, 0.3) is 0 Å². The molecule has 31 heavy (non-hydrogen) atoms. The lowest BCUT2D eigenvalue weighted by Crippen LogP contribution is -2.35. The topological polar surface area (TPSA) is 116 Å². The average molecular weight is 432 g/mol. The first-order valence-electron chi connectivity index (χ1n) is 10.8. The third kappa shape index (κ3) is 5.42. The van der Waals surface area contributed by atoms with Crippen molar-refractivity contribution in [1.29, 1.82) is 0 Å². The van der Waals surface area contributed by atoms with E-state index in [1.165, 1.54) is 10.9 Å². The van der Waals surface area contributed by atoms with Crippen molar-refractivity contribution >= 4 is 17.8 Å². The van der Waals surface area contributed by atoms with Gasteiger partial charge in [0, 0.05) is 25.1 Å². The van der Waals surface area contributed by atoms with Crippen molar-refractivity contribution < 1.29 is 14.3 Å². The lowest BCUT2D eigenvalue weighted by Gasteiger charge is -2.22. The Balaban J connectivity index is 1.72. The number of aromatic nitrogens is 5. The molecule has 2 heterocycles. The van der Waals surface area contributed by atoms with Crippen LogP contribution >= 0.6 is 0 Å². The van der Waals surface area contributed by atoms with Gasteiger partial charge in [-0.05, 0) is 53.4 Å². The number of alkyl carbamates (subject to hydrolysis) is 1. The molecule has 0 spiro atoms. The van der Waals surface area contributed by atoms with Crippen LogP contribution in [0.1, 0.15) is 82.4 Å². The number of ether oxygens (including phenoxy) is 1. The Bertz CT molecular complexity index is 928. The molecule has 3 rings (SSSR count). The zero-order chi connectivity index (χ0) is 22.8. The summed E-state index contributed by atoms with van der Waals surface area (Å²) in [4.78, 5) is 24.7. The van der Waals surface area contributed by atoms with E-state index in [0.29, 0.717) is 11.5 Å². The van der Waals surface area contributed by atoms with E-state index in [0.717, 1.165) is 31.4 Å². The Morgan fingerprint density at radius 2 is 2.06 bits per heavy atom. The van der Waals surface area contributed by atoms with Gasteiger partial charge in [0.25, 0.3) is 5.91 Å². The minimum Gasteiger partial charge on any atom is -0.447 e. The van der Waals surface area contributed by atoms with Crippen LogP contribution in [0.2, 0.25) is 0 Å². The molecule has 2 aromatic heterocycles. The summed E-state index contributed by atoms with van der Waals surface area (Å²) in [6.07, 6.45) is 4.32. The number of carbonyl (C=O) groups excluding carboxylic acids is 2. The molecule has 0 saturated heterocycles. The number of aryl methyl sites for hydroxylation is 1. The number of hydrogen-bond acceptors (Lipinski definition) is 6. The highest BCUT2D eigenvalue weighted by molar-refractivity contribution is 6.02. The van der Waals surface area contributed by atoms with Crippen LogP contribution in [0.5, 0.6) is 0 Å². The zero-order valence-electron chi connectivity index (χ0n) is 19.2. The molecule has 3 atom stereocenters. The summed E-state index contributed by atoms with van der Waals surface area (Å²) in [5.41, 5.74) is 0.961. The zero-order valence-corrected chi connectivity index (χ0v) is 19.2. The molecule has 0 radical (unpaired) electrons. The lowest BCUT2D eigenvalue weighted by atomic mass is 10.0. The van der Waals surface area contributed by atoms with Crippen molar-refractivity contribution in [3.05, 3.63) is 23.7 Å². The highest BCUT2D eigenvalue weighted by Crippen LogP contribution is 2.36. The highest BCUT2D eigenvalue weighted by atomic mass is 16.6. The molecule has 2 aromatic rings. The number of carbonyl (C=O) groups is 2. The van der Waals surface area contributed by atoms with Crippen molar-refractivity contribution in [2.24, 2.45) is 7.05 Å². The maximum atomic E-state index is 12.7. The third-order valence-electron chi connectivity index (χ3n) is 5.61. The standard InChI is InChI=1S/C21H33N7O3/c1-7-13(2)31-20(30)23-15-9-8-14(10-15)16-11-18(28(25-16)21(3,4)5)24-19(29)17-12-22-26-27(17)6/h11-15H,7-10H2,1-6H3,(H,23,30)(H,24,29). The Morgan fingerprint density at radius 1 is 1.32 bits per heavy atom. The van der Waals surface area contributed by atoms with E-state index >= 15 is 0 Å². The smallest absolute Gasteiger partial charge is 0.407 e. The van der Waals surface area contributed by atoms with Crippen LogP contribution in [0, 0.1) is 0 Å². The van der Waals surface area contributed by atoms with Gasteiger partial charge in [-0.2, -0.15) is 5.10 Å². The largest absolute Gasteiger partial charge is 0.447 e. The molecule has 2 amide bonds. The Morgan fingerprint density at radius 3 is 2.68 bits per heavy atom. The Kier molecular flexibility index (Phi) is 6.66. The van der Waals surface area contributed by atoms with Gasteiger partial charge in [0.05, 0.1) is 17.4 Å². The van der Waals surface area contributed by atoms with Crippen LogP contribution in [-0.4, -0.2) is 48.9 Å². The molecule has 10 heteroatoms. The Labute approximate surface area is 182 Å². The van der Waals surface area contributed by atoms with E-state index in [2.05, 4.69) is 20.9 Å². The number of amides is 2. The van der Waals surface area contributed by atoms with E-state index < -0.39 is 0 Å². The Hall–Kier alpha value is -2.91. The van der Waals surface area contributed by atoms with Crippen LogP contribution in [0.4, 0.5) is 10.6 Å². The fourth-order valence-corrected chi connectivity index (χ4v) is 3.72. The molecule has 1 aliphatic carbocycles. The highest BCUT2D eigenvalue weighted by Gasteiger charge is 2.31. The van der Waals surface area contributed by atoms with Crippen LogP contribution in [0.3, 0.4) is 0 Å². The second-order valence-corrected chi connectivity index (χ2v) is 9.21. The summed E-state index contributed by atoms with van der Waals surface area (Å²) < 4.78 is 8.60. The van der Waals surface area contributed by atoms with Crippen molar-refractivity contribution in [2.45, 2.75) is 83.9 Å². The summed E-state index contributed by atoms with van der Waals surface area (Å²) >= 11 is 0. The molecule has 10 nitrogen and oxygen atoms in total. The molecule has 3 unspecified atom stereocenters. The van der Waals surface area contributed by atoms with Crippen molar-refractivity contribution in [3.63, 3.8) is 0 Å². The van der Waals surface area contributed by atoms with Crippen molar-refractivity contribution in [1.82, 2.24) is 30.1 Å². The van der Waals surface area contributed by atoms with Crippen LogP contribution in [0.15, 0.2) is 12.3 Å². The fraction of sp³-hybridized carbons (Fsp3) is 0.667. The van der Waals surface area contributed by atoms with E-state index in [1.54, 1.807) is 7.05 Å². The predicted molar refractivity (Wildman–Crippen MR) is 116 cm³/mol. The maximum Gasteiger partial charge on any atom is 0.407 e. The average Bonchev–Trinajstić information content (AvgIpc) is 3.40. The van der Waals surface area contributed by atoms with Gasteiger partial charge < -0.3 is 15.4 Å². The van der Waals surface area contributed by atoms with E-state index in [9.17, 15) is 9.59 Å². The number of hydrogen-bond donors (Lipinski definition) is 2. The lowest BCUT2D eigenvalue weighted by molar-refractivity contribution is 0.100. The van der Waals surface area contributed by atoms with E-state index in [-0.39, 0.29) is 35.6 Å². The summed E-state index contributed by atoms with van der Waals surface area (Å²) in [6, 6.07) is 1.98. The quantitative estimate of drug-likeness (QED) is 0.726. The SMILES string of the molecule is CCC(C)OC(=O)NC1CCC(c2cc(NC(=O)c3cnnn3C)n(C(C)(C)C)n2)C1. The summed E-state index contributed by atoms with van der Waals surface area (Å²) in [7, 11) is 1.67. The fourth-order valence-electron chi connectivity index (χ4n) is 3.72. The van der Waals surface area contributed by atoms with Gasteiger partial charge >= 0.3 is 6.09 Å². The summed E-state index contributed by atoms with van der Waals surface area (Å²) in [5.74, 6) is 0.538. The summed E-state index contributed by atoms with van der Waals surface area (Å²) in [5, 5.41) is 18.3. The first-order valence-corrected chi connectivity index (χ1v) is 10.8. The van der Waals surface area contributed by atoms with Crippen LogP contribution < -0.4 is 10.6 Å². The second kappa shape index (κ2) is 9.07. The third-order valence-corrected chi connectivity index (χ3v) is 5.61. The van der Waals surface area contributed by atoms with E-state index in [4.69, 9.17) is 9.84 Å². The van der Waals surface area contributed by atoms with Gasteiger partial charge in [-0.3, -0.25) is 4.79 Å². The molecule has 1 aliphatic rings. The monoisotopic (exact) mass is 431 g/mol. The van der Waals surface area contributed by atoms with Crippen LogP contribution in [-0.2, 0) is 17.3 Å². The molecule has 0 aliphatic heterocycles. The van der Waals surface area contributed by atoms with Gasteiger partial charge in [0.2, 0.25) is 0 Å². The second-order valence-electron chi connectivity index (χ2n) is 9.21. The number of anilines is 1. The number of rotatable bonds is 6. The van der Waals surface area contributed by atoms with Gasteiger partial charge in [-0.1, -0.05) is 12.1 Å². The molecule has 1 saturated carbocycles. The minimum absolute atomic E-state index is 0.0555. The predicted octanol–water partition coefficient (Wildman–Crippen LogP) is 3.18. The number of nitrogens with zero attached hydrogens (tertiary/aromatic N) is 5. The molecule has 2 N–H and O–H groups in total. The van der Waals surface area contributed by atoms with Gasteiger partial charge in [-0.25, -0.2) is 14.2 Å². The maximum absolute atomic E-state index is 12.7. The molecule has 0 aromatic carbocycles. The van der Waals surface area contributed by atoms with Gasteiger partial charge in [-0.15, -0.1) is 5.10 Å². The molecule has 0 bridgehead atoms. The number of nitrogens with one attached hydrogen (secondary N) is 2. The molecular weight excluding hydrogens is 398 g/mol. The molecule has 170 valence electrons. The minimum atomic E-state index is -0.363. The molecular formula is C21H33N7O3. The first-order chi connectivity index (χ1) is 14.6. The van der Waals surface area contributed by atoms with E-state index in [1.807, 2.05) is 45.4 Å². The normalized spacial score (nSPS) is 19.8. The van der Waals surface area contributed by atoms with Gasteiger partial charge in [0.1, 0.15) is 17.6 Å².